The molecule has 0 aliphatic carbocycles. The Hall–Kier alpha value is -2.66. The molecule has 0 bridgehead atoms. The van der Waals surface area contributed by atoms with Gasteiger partial charge in [-0.05, 0) is 37.0 Å². The molecule has 1 fully saturated rings. The van der Waals surface area contributed by atoms with Gasteiger partial charge in [0.25, 0.3) is 0 Å². The minimum Gasteiger partial charge on any atom is -0.340 e. The zero-order valence-corrected chi connectivity index (χ0v) is 17.1. The van der Waals surface area contributed by atoms with Crippen molar-refractivity contribution in [3.63, 3.8) is 0 Å². The van der Waals surface area contributed by atoms with Gasteiger partial charge in [-0.25, -0.2) is 0 Å². The second kappa shape index (κ2) is 8.78. The predicted molar refractivity (Wildman–Crippen MR) is 115 cm³/mol. The number of anilines is 1. The Kier molecular flexibility index (Phi) is 5.95. The summed E-state index contributed by atoms with van der Waals surface area (Å²) in [4.78, 5) is 29.4. The molecule has 1 N–H and O–H groups in total. The molecular weight excluding hydrogens is 362 g/mol. The summed E-state index contributed by atoms with van der Waals surface area (Å²) >= 11 is 0. The minimum atomic E-state index is -0.114. The number of amides is 2. The third-order valence-corrected chi connectivity index (χ3v) is 6.03. The summed E-state index contributed by atoms with van der Waals surface area (Å²) < 4.78 is 0. The van der Waals surface area contributed by atoms with Crippen molar-refractivity contribution >= 4 is 17.5 Å². The fourth-order valence-corrected chi connectivity index (χ4v) is 4.33. The number of nitrogens with one attached hydrogen (secondary N) is 1. The normalized spacial score (nSPS) is 19.6. The van der Waals surface area contributed by atoms with Crippen LogP contribution in [0.3, 0.4) is 0 Å². The molecule has 4 rings (SSSR count). The van der Waals surface area contributed by atoms with Crippen molar-refractivity contribution in [2.45, 2.75) is 32.7 Å². The average molecular weight is 392 g/mol. The van der Waals surface area contributed by atoms with E-state index in [1.807, 2.05) is 23.1 Å². The second-order valence-corrected chi connectivity index (χ2v) is 8.23. The molecule has 2 aliphatic heterocycles. The maximum atomic E-state index is 12.7. The standard InChI is InChI=1S/C24H29N3O2/c1-18-5-4-6-19(15-18)17-26-11-13-27(14-12-26)23(28)10-9-21-16-20-7-2-3-8-22(20)25-24(21)29/h2-8,15,21H,9-14,16-17H2,1H3,(H,25,29). The lowest BCUT2D eigenvalue weighted by molar-refractivity contribution is -0.133. The van der Waals surface area contributed by atoms with Gasteiger partial charge in [-0.3, -0.25) is 14.5 Å². The lowest BCUT2D eigenvalue weighted by atomic mass is 9.89. The fourth-order valence-electron chi connectivity index (χ4n) is 4.33. The van der Waals surface area contributed by atoms with Crippen LogP contribution in [0.15, 0.2) is 48.5 Å². The number of piperazine rings is 1. The summed E-state index contributed by atoms with van der Waals surface area (Å²) in [6, 6.07) is 16.5. The highest BCUT2D eigenvalue weighted by atomic mass is 16.2. The van der Waals surface area contributed by atoms with Gasteiger partial charge in [-0.15, -0.1) is 0 Å². The van der Waals surface area contributed by atoms with Crippen LogP contribution in [0.5, 0.6) is 0 Å². The molecule has 0 radical (unpaired) electrons. The van der Waals surface area contributed by atoms with E-state index in [0.717, 1.165) is 50.4 Å². The molecule has 2 aromatic rings. The summed E-state index contributed by atoms with van der Waals surface area (Å²) in [7, 11) is 0. The van der Waals surface area contributed by atoms with E-state index in [1.54, 1.807) is 0 Å². The van der Waals surface area contributed by atoms with Gasteiger partial charge >= 0.3 is 0 Å². The van der Waals surface area contributed by atoms with Gasteiger partial charge in [0.2, 0.25) is 11.8 Å². The lowest BCUT2D eigenvalue weighted by Crippen LogP contribution is -2.48. The SMILES string of the molecule is Cc1cccc(CN2CCN(C(=O)CCC3Cc4ccccc4NC3=O)CC2)c1. The number of para-hydroxylation sites is 1. The Labute approximate surface area is 172 Å². The van der Waals surface area contributed by atoms with Crippen molar-refractivity contribution < 1.29 is 9.59 Å². The smallest absolute Gasteiger partial charge is 0.227 e. The number of nitrogens with zero attached hydrogens (tertiary/aromatic N) is 2. The first-order chi connectivity index (χ1) is 14.1. The van der Waals surface area contributed by atoms with Crippen molar-refractivity contribution in [3.8, 4) is 0 Å². The van der Waals surface area contributed by atoms with Crippen LogP contribution in [0.1, 0.15) is 29.5 Å². The lowest BCUT2D eigenvalue weighted by Gasteiger charge is -2.35. The number of fused-ring (bicyclic) bond motifs is 1. The molecule has 5 heteroatoms. The van der Waals surface area contributed by atoms with Crippen molar-refractivity contribution in [3.05, 3.63) is 65.2 Å². The molecular formula is C24H29N3O2. The number of carbonyl (C=O) groups is 2. The van der Waals surface area contributed by atoms with Crippen LogP contribution in [0, 0.1) is 12.8 Å². The van der Waals surface area contributed by atoms with Crippen LogP contribution in [0.4, 0.5) is 5.69 Å². The van der Waals surface area contributed by atoms with E-state index in [0.29, 0.717) is 12.8 Å². The molecule has 0 spiro atoms. The number of benzene rings is 2. The number of rotatable bonds is 5. The van der Waals surface area contributed by atoms with E-state index < -0.39 is 0 Å². The van der Waals surface area contributed by atoms with E-state index in [2.05, 4.69) is 47.5 Å². The van der Waals surface area contributed by atoms with Crippen molar-refractivity contribution in [1.29, 1.82) is 0 Å². The first kappa shape index (κ1) is 19.6. The number of carbonyl (C=O) groups excluding carboxylic acids is 2. The zero-order chi connectivity index (χ0) is 20.2. The van der Waals surface area contributed by atoms with E-state index in [-0.39, 0.29) is 17.7 Å². The Balaban J connectivity index is 1.24. The van der Waals surface area contributed by atoms with Gasteiger partial charge < -0.3 is 10.2 Å². The molecule has 0 aromatic heterocycles. The van der Waals surface area contributed by atoms with Crippen LogP contribution in [0.25, 0.3) is 0 Å². The quantitative estimate of drug-likeness (QED) is 0.851. The zero-order valence-electron chi connectivity index (χ0n) is 17.1. The average Bonchev–Trinajstić information content (AvgIpc) is 2.72. The Morgan fingerprint density at radius 2 is 1.86 bits per heavy atom. The highest BCUT2D eigenvalue weighted by molar-refractivity contribution is 5.96. The molecule has 2 heterocycles. The molecule has 2 aromatic carbocycles. The van der Waals surface area contributed by atoms with Crippen LogP contribution in [-0.4, -0.2) is 47.8 Å². The number of aryl methyl sites for hydroxylation is 1. The predicted octanol–water partition coefficient (Wildman–Crippen LogP) is 3.23. The van der Waals surface area contributed by atoms with Crippen molar-refractivity contribution in [2.75, 3.05) is 31.5 Å². The Bertz CT molecular complexity index is 887. The second-order valence-electron chi connectivity index (χ2n) is 8.23. The Morgan fingerprint density at radius 1 is 1.07 bits per heavy atom. The summed E-state index contributed by atoms with van der Waals surface area (Å²) in [6.45, 7) is 6.39. The van der Waals surface area contributed by atoms with Gasteiger partial charge in [-0.2, -0.15) is 0 Å². The molecule has 0 saturated carbocycles. The van der Waals surface area contributed by atoms with Gasteiger partial charge in [0.1, 0.15) is 0 Å². The molecule has 1 unspecified atom stereocenters. The summed E-state index contributed by atoms with van der Waals surface area (Å²) in [6.07, 6.45) is 1.78. The van der Waals surface area contributed by atoms with Gasteiger partial charge in [-0.1, -0.05) is 48.0 Å². The third kappa shape index (κ3) is 4.85. The maximum absolute atomic E-state index is 12.7. The highest BCUT2D eigenvalue weighted by Crippen LogP contribution is 2.27. The monoisotopic (exact) mass is 391 g/mol. The first-order valence-electron chi connectivity index (χ1n) is 10.5. The van der Waals surface area contributed by atoms with Gasteiger partial charge in [0, 0.05) is 50.7 Å². The van der Waals surface area contributed by atoms with E-state index in [9.17, 15) is 9.59 Å². The molecule has 152 valence electrons. The minimum absolute atomic E-state index is 0.0412. The molecule has 2 aliphatic rings. The van der Waals surface area contributed by atoms with E-state index >= 15 is 0 Å². The Morgan fingerprint density at radius 3 is 2.66 bits per heavy atom. The topological polar surface area (TPSA) is 52.6 Å². The van der Waals surface area contributed by atoms with Crippen LogP contribution >= 0.6 is 0 Å². The van der Waals surface area contributed by atoms with E-state index in [1.165, 1.54) is 11.1 Å². The highest BCUT2D eigenvalue weighted by Gasteiger charge is 2.28. The summed E-state index contributed by atoms with van der Waals surface area (Å²) in [5.74, 6) is 0.0998. The molecule has 1 saturated heterocycles. The van der Waals surface area contributed by atoms with Crippen molar-refractivity contribution in [1.82, 2.24) is 9.80 Å². The first-order valence-corrected chi connectivity index (χ1v) is 10.5. The summed E-state index contributed by atoms with van der Waals surface area (Å²) in [5.41, 5.74) is 4.68. The van der Waals surface area contributed by atoms with Gasteiger partial charge in [0.15, 0.2) is 0 Å². The fraction of sp³-hybridized carbons (Fsp3) is 0.417. The van der Waals surface area contributed by atoms with Crippen LogP contribution < -0.4 is 5.32 Å². The van der Waals surface area contributed by atoms with E-state index in [4.69, 9.17) is 0 Å². The molecule has 1 atom stereocenters. The van der Waals surface area contributed by atoms with Crippen molar-refractivity contribution in [2.24, 2.45) is 5.92 Å². The largest absolute Gasteiger partial charge is 0.340 e. The third-order valence-electron chi connectivity index (χ3n) is 6.03. The maximum Gasteiger partial charge on any atom is 0.227 e. The van der Waals surface area contributed by atoms with Gasteiger partial charge in [0.05, 0.1) is 0 Å². The van der Waals surface area contributed by atoms with Crippen LogP contribution in [-0.2, 0) is 22.6 Å². The number of hydrogen-bond donors (Lipinski definition) is 1. The molecule has 5 nitrogen and oxygen atoms in total. The van der Waals surface area contributed by atoms with Crippen LogP contribution in [0.2, 0.25) is 0 Å². The summed E-state index contributed by atoms with van der Waals surface area (Å²) in [5, 5.41) is 2.98. The molecule has 29 heavy (non-hydrogen) atoms. The molecule has 2 amide bonds. The number of hydrogen-bond acceptors (Lipinski definition) is 3.